The Bertz CT molecular complexity index is 1200. The number of carbonyl (C=O) groups excluding carboxylic acids is 4. The van der Waals surface area contributed by atoms with Crippen LogP contribution in [0.25, 0.3) is 0 Å². The number of amides is 3. The quantitative estimate of drug-likeness (QED) is 0.213. The van der Waals surface area contributed by atoms with E-state index in [0.717, 1.165) is 12.8 Å². The number of imide groups is 1. The number of non-ortho nitro benzene ring substituents is 1. The largest absolute Gasteiger partial charge is 0.426 e. The van der Waals surface area contributed by atoms with Crippen molar-refractivity contribution < 1.29 is 28.8 Å². The highest BCUT2D eigenvalue weighted by molar-refractivity contribution is 6.22. The Kier molecular flexibility index (Phi) is 5.80. The molecule has 0 aromatic heterocycles. The molecule has 0 N–H and O–H groups in total. The van der Waals surface area contributed by atoms with Crippen molar-refractivity contribution in [1.82, 2.24) is 0 Å². The molecule has 2 saturated heterocycles. The molecule has 10 heteroatoms. The fourth-order valence-corrected chi connectivity index (χ4v) is 5.17. The molecule has 3 amide bonds. The normalized spacial score (nSPS) is 24.0. The zero-order chi connectivity index (χ0) is 24.7. The lowest BCUT2D eigenvalue weighted by molar-refractivity contribution is -0.384. The highest BCUT2D eigenvalue weighted by atomic mass is 16.6. The molecule has 3 aliphatic rings. The summed E-state index contributed by atoms with van der Waals surface area (Å²) < 4.78 is 5.51. The number of fused-ring (bicyclic) bond motifs is 1. The van der Waals surface area contributed by atoms with Crippen LogP contribution in [0.15, 0.2) is 48.5 Å². The van der Waals surface area contributed by atoms with Crippen LogP contribution in [0.5, 0.6) is 5.75 Å². The minimum atomic E-state index is -0.723. The molecular formula is C25H23N3O7. The molecular weight excluding hydrogens is 454 g/mol. The van der Waals surface area contributed by atoms with Crippen LogP contribution < -0.4 is 14.5 Å². The maximum atomic E-state index is 12.9. The van der Waals surface area contributed by atoms with Crippen LogP contribution in [-0.4, -0.2) is 35.2 Å². The SMILES string of the molecule is O=C(Oc1cccc(N2C(=O)[C@H]3CCCC[C@H]3C2=O)c1)[C@@H]1CC(=O)N(c2ccc([N+](=O)[O-])cc2)C1. The number of carbonyl (C=O) groups is 4. The van der Waals surface area contributed by atoms with Gasteiger partial charge in [0.25, 0.3) is 5.69 Å². The lowest BCUT2D eigenvalue weighted by Gasteiger charge is -2.19. The van der Waals surface area contributed by atoms with Crippen LogP contribution in [0.3, 0.4) is 0 Å². The summed E-state index contributed by atoms with van der Waals surface area (Å²) in [4.78, 5) is 64.0. The Hall–Kier alpha value is -4.08. The molecule has 2 aromatic carbocycles. The zero-order valence-corrected chi connectivity index (χ0v) is 18.8. The van der Waals surface area contributed by atoms with E-state index in [2.05, 4.69) is 0 Å². The van der Waals surface area contributed by atoms with Gasteiger partial charge in [0.15, 0.2) is 0 Å². The highest BCUT2D eigenvalue weighted by Crippen LogP contribution is 2.40. The number of ether oxygens (including phenoxy) is 1. The van der Waals surface area contributed by atoms with E-state index in [0.29, 0.717) is 24.2 Å². The fraction of sp³-hybridized carbons (Fsp3) is 0.360. The zero-order valence-electron chi connectivity index (χ0n) is 18.8. The highest BCUT2D eigenvalue weighted by Gasteiger charge is 2.48. The number of rotatable bonds is 5. The molecule has 10 nitrogen and oxygen atoms in total. The Morgan fingerprint density at radius 3 is 2.23 bits per heavy atom. The topological polar surface area (TPSA) is 127 Å². The van der Waals surface area contributed by atoms with Crippen molar-refractivity contribution in [2.24, 2.45) is 17.8 Å². The van der Waals surface area contributed by atoms with Crippen molar-refractivity contribution in [2.45, 2.75) is 32.1 Å². The van der Waals surface area contributed by atoms with Gasteiger partial charge in [0, 0.05) is 36.9 Å². The number of nitro groups is 1. The first-order chi connectivity index (χ1) is 16.8. The maximum Gasteiger partial charge on any atom is 0.316 e. The van der Waals surface area contributed by atoms with Crippen molar-refractivity contribution >= 4 is 40.8 Å². The molecule has 3 fully saturated rings. The molecule has 0 unspecified atom stereocenters. The van der Waals surface area contributed by atoms with Gasteiger partial charge in [0.2, 0.25) is 17.7 Å². The average Bonchev–Trinajstić information content (AvgIpc) is 3.37. The van der Waals surface area contributed by atoms with Crippen molar-refractivity contribution in [3.05, 3.63) is 58.6 Å². The van der Waals surface area contributed by atoms with Crippen LogP contribution in [0, 0.1) is 27.9 Å². The van der Waals surface area contributed by atoms with E-state index in [1.54, 1.807) is 18.2 Å². The Labute approximate surface area is 200 Å². The van der Waals surface area contributed by atoms with Gasteiger partial charge in [-0.2, -0.15) is 0 Å². The van der Waals surface area contributed by atoms with Crippen molar-refractivity contribution in [2.75, 3.05) is 16.3 Å². The van der Waals surface area contributed by atoms with Gasteiger partial charge >= 0.3 is 5.97 Å². The van der Waals surface area contributed by atoms with Crippen molar-refractivity contribution in [3.63, 3.8) is 0 Å². The summed E-state index contributed by atoms with van der Waals surface area (Å²) in [6.07, 6.45) is 3.23. The number of benzene rings is 2. The average molecular weight is 477 g/mol. The second-order valence-electron chi connectivity index (χ2n) is 9.11. The summed E-state index contributed by atoms with van der Waals surface area (Å²) in [5.74, 6) is -2.40. The van der Waals surface area contributed by atoms with E-state index in [1.807, 2.05) is 0 Å². The molecule has 1 saturated carbocycles. The van der Waals surface area contributed by atoms with E-state index in [9.17, 15) is 29.3 Å². The van der Waals surface area contributed by atoms with Gasteiger partial charge in [-0.1, -0.05) is 18.9 Å². The minimum absolute atomic E-state index is 0.0536. The van der Waals surface area contributed by atoms with Gasteiger partial charge in [0.05, 0.1) is 28.4 Å². The first kappa shape index (κ1) is 22.7. The van der Waals surface area contributed by atoms with Crippen LogP contribution in [-0.2, 0) is 19.2 Å². The van der Waals surface area contributed by atoms with Crippen LogP contribution >= 0.6 is 0 Å². The smallest absolute Gasteiger partial charge is 0.316 e. The molecule has 3 atom stereocenters. The molecule has 2 heterocycles. The van der Waals surface area contributed by atoms with Crippen molar-refractivity contribution in [1.29, 1.82) is 0 Å². The lowest BCUT2D eigenvalue weighted by atomic mass is 9.81. The fourth-order valence-electron chi connectivity index (χ4n) is 5.17. The van der Waals surface area contributed by atoms with Crippen LogP contribution in [0.1, 0.15) is 32.1 Å². The van der Waals surface area contributed by atoms with Gasteiger partial charge in [-0.05, 0) is 37.1 Å². The monoisotopic (exact) mass is 477 g/mol. The number of hydrogen-bond acceptors (Lipinski definition) is 7. The summed E-state index contributed by atoms with van der Waals surface area (Å²) in [6, 6.07) is 11.8. The van der Waals surface area contributed by atoms with Gasteiger partial charge < -0.3 is 9.64 Å². The number of esters is 1. The second kappa shape index (κ2) is 8.94. The molecule has 0 radical (unpaired) electrons. The van der Waals surface area contributed by atoms with Gasteiger partial charge in [0.1, 0.15) is 5.75 Å². The van der Waals surface area contributed by atoms with E-state index >= 15 is 0 Å². The second-order valence-corrected chi connectivity index (χ2v) is 9.11. The van der Waals surface area contributed by atoms with Gasteiger partial charge in [-0.3, -0.25) is 29.3 Å². The summed E-state index contributed by atoms with van der Waals surface area (Å²) in [7, 11) is 0. The lowest BCUT2D eigenvalue weighted by Crippen LogP contribution is -2.31. The number of anilines is 2. The van der Waals surface area contributed by atoms with Gasteiger partial charge in [-0.15, -0.1) is 0 Å². The van der Waals surface area contributed by atoms with Crippen LogP contribution in [0.2, 0.25) is 0 Å². The standard InChI is InChI=1S/C25H23N3O7/c29-22-12-15(14-26(22)16-8-10-17(11-9-16)28(33)34)25(32)35-19-5-3-4-18(13-19)27-23(30)20-6-1-2-7-21(20)24(27)31/h3-5,8-11,13,15,20-21H,1-2,6-7,12,14H2/t15-,20-,21+/m1/s1. The molecule has 2 aliphatic heterocycles. The summed E-state index contributed by atoms with van der Waals surface area (Å²) in [5, 5.41) is 10.8. The molecule has 180 valence electrons. The number of nitrogens with zero attached hydrogens (tertiary/aromatic N) is 3. The Balaban J connectivity index is 1.27. The van der Waals surface area contributed by atoms with E-state index in [1.165, 1.54) is 40.1 Å². The molecule has 35 heavy (non-hydrogen) atoms. The third kappa shape index (κ3) is 4.16. The minimum Gasteiger partial charge on any atom is -0.426 e. The predicted octanol–water partition coefficient (Wildman–Crippen LogP) is 3.23. The molecule has 5 rings (SSSR count). The van der Waals surface area contributed by atoms with E-state index in [-0.39, 0.29) is 54.0 Å². The first-order valence-electron chi connectivity index (χ1n) is 11.6. The van der Waals surface area contributed by atoms with E-state index in [4.69, 9.17) is 4.74 Å². The molecule has 2 aromatic rings. The first-order valence-corrected chi connectivity index (χ1v) is 11.6. The van der Waals surface area contributed by atoms with Gasteiger partial charge in [-0.25, -0.2) is 4.90 Å². The maximum absolute atomic E-state index is 12.9. The summed E-state index contributed by atoms with van der Waals surface area (Å²) >= 11 is 0. The summed E-state index contributed by atoms with van der Waals surface area (Å²) in [5.41, 5.74) is 0.741. The van der Waals surface area contributed by atoms with Crippen LogP contribution in [0.4, 0.5) is 17.1 Å². The Morgan fingerprint density at radius 2 is 1.60 bits per heavy atom. The Morgan fingerprint density at radius 1 is 0.943 bits per heavy atom. The molecule has 0 bridgehead atoms. The summed E-state index contributed by atoms with van der Waals surface area (Å²) in [6.45, 7) is 0.0849. The predicted molar refractivity (Wildman–Crippen MR) is 124 cm³/mol. The molecule has 1 aliphatic carbocycles. The number of hydrogen-bond donors (Lipinski definition) is 0. The number of nitro benzene ring substituents is 1. The van der Waals surface area contributed by atoms with E-state index < -0.39 is 16.8 Å². The third-order valence-corrected chi connectivity index (χ3v) is 6.97. The molecule has 0 spiro atoms. The van der Waals surface area contributed by atoms with Crippen molar-refractivity contribution in [3.8, 4) is 5.75 Å². The third-order valence-electron chi connectivity index (χ3n) is 6.97.